The molecule has 22 heavy (non-hydrogen) atoms. The van der Waals surface area contributed by atoms with Crippen LogP contribution in [0.2, 0.25) is 0 Å². The first-order valence-electron chi connectivity index (χ1n) is 7.96. The fourth-order valence-electron chi connectivity index (χ4n) is 2.41. The van der Waals surface area contributed by atoms with Gasteiger partial charge in [-0.1, -0.05) is 25.1 Å². The Morgan fingerprint density at radius 3 is 2.68 bits per heavy atom. The first-order valence-corrected chi connectivity index (χ1v) is 7.96. The van der Waals surface area contributed by atoms with Crippen LogP contribution in [-0.2, 0) is 4.79 Å². The van der Waals surface area contributed by atoms with Crippen LogP contribution in [0.15, 0.2) is 24.3 Å². The number of nitrogens with one attached hydrogen (secondary N) is 2. The summed E-state index contributed by atoms with van der Waals surface area (Å²) in [5.41, 5.74) is 1.05. The summed E-state index contributed by atoms with van der Waals surface area (Å²) >= 11 is 0. The van der Waals surface area contributed by atoms with Gasteiger partial charge in [-0.2, -0.15) is 0 Å². The molecule has 2 N–H and O–H groups in total. The highest BCUT2D eigenvalue weighted by molar-refractivity contribution is 5.85. The average molecular weight is 327 g/mol. The Labute approximate surface area is 139 Å². The molecule has 0 radical (unpaired) electrons. The van der Waals surface area contributed by atoms with Crippen molar-refractivity contribution in [1.29, 1.82) is 0 Å². The minimum atomic E-state index is 0. The molecule has 1 unspecified atom stereocenters. The number of benzene rings is 1. The van der Waals surface area contributed by atoms with Crippen molar-refractivity contribution in [3.8, 4) is 5.75 Å². The Kier molecular flexibility index (Phi) is 8.28. The van der Waals surface area contributed by atoms with Crippen molar-refractivity contribution in [2.75, 3.05) is 19.7 Å². The minimum Gasteiger partial charge on any atom is -0.494 e. The number of halogens is 1. The standard InChI is InChI=1S/C17H26N2O2.ClH/c1-3-15(14-7-5-6-8-16(14)21-4-2)19-17(20)12-18-11-13-9-10-13;/h5-8,13,15,18H,3-4,9-12H2,1-2H3,(H,19,20);1H. The molecule has 5 heteroatoms. The van der Waals surface area contributed by atoms with Gasteiger partial charge in [-0.3, -0.25) is 4.79 Å². The van der Waals surface area contributed by atoms with Gasteiger partial charge in [0.2, 0.25) is 5.91 Å². The highest BCUT2D eigenvalue weighted by atomic mass is 35.5. The molecule has 1 saturated carbocycles. The fraction of sp³-hybridized carbons (Fsp3) is 0.588. The van der Waals surface area contributed by atoms with Gasteiger partial charge in [-0.15, -0.1) is 12.4 Å². The van der Waals surface area contributed by atoms with E-state index < -0.39 is 0 Å². The van der Waals surface area contributed by atoms with Crippen molar-refractivity contribution >= 4 is 18.3 Å². The number of para-hydroxylation sites is 1. The largest absolute Gasteiger partial charge is 0.494 e. The third-order valence-electron chi connectivity index (χ3n) is 3.75. The maximum atomic E-state index is 12.0. The molecule has 1 amide bonds. The predicted octanol–water partition coefficient (Wildman–Crippen LogP) is 3.07. The second kappa shape index (κ2) is 9.70. The van der Waals surface area contributed by atoms with Gasteiger partial charge in [0.05, 0.1) is 19.2 Å². The molecular weight excluding hydrogens is 300 g/mol. The van der Waals surface area contributed by atoms with E-state index in [1.807, 2.05) is 31.2 Å². The Hall–Kier alpha value is -1.26. The number of carbonyl (C=O) groups is 1. The topological polar surface area (TPSA) is 50.4 Å². The normalized spacial score (nSPS) is 14.8. The van der Waals surface area contributed by atoms with Crippen molar-refractivity contribution < 1.29 is 9.53 Å². The van der Waals surface area contributed by atoms with Crippen molar-refractivity contribution in [1.82, 2.24) is 10.6 Å². The molecule has 4 nitrogen and oxygen atoms in total. The smallest absolute Gasteiger partial charge is 0.234 e. The van der Waals surface area contributed by atoms with E-state index >= 15 is 0 Å². The summed E-state index contributed by atoms with van der Waals surface area (Å²) in [6.07, 6.45) is 3.44. The summed E-state index contributed by atoms with van der Waals surface area (Å²) in [5, 5.41) is 6.32. The van der Waals surface area contributed by atoms with E-state index in [-0.39, 0.29) is 24.4 Å². The third kappa shape index (κ3) is 5.85. The van der Waals surface area contributed by atoms with Gasteiger partial charge in [0, 0.05) is 5.56 Å². The molecule has 1 aromatic carbocycles. The molecule has 1 fully saturated rings. The van der Waals surface area contributed by atoms with Crippen LogP contribution >= 0.6 is 12.4 Å². The van der Waals surface area contributed by atoms with E-state index in [9.17, 15) is 4.79 Å². The second-order valence-electron chi connectivity index (χ2n) is 5.57. The van der Waals surface area contributed by atoms with Crippen molar-refractivity contribution in [2.24, 2.45) is 5.92 Å². The van der Waals surface area contributed by atoms with Crippen molar-refractivity contribution in [3.05, 3.63) is 29.8 Å². The van der Waals surface area contributed by atoms with E-state index in [1.165, 1.54) is 12.8 Å². The molecule has 1 aliphatic rings. The molecule has 0 saturated heterocycles. The van der Waals surface area contributed by atoms with Crippen molar-refractivity contribution in [3.63, 3.8) is 0 Å². The SMILES string of the molecule is CCOc1ccccc1C(CC)NC(=O)CNCC1CC1.Cl. The number of amides is 1. The molecule has 0 spiro atoms. The quantitative estimate of drug-likeness (QED) is 0.733. The number of hydrogen-bond donors (Lipinski definition) is 2. The van der Waals surface area contributed by atoms with Crippen LogP contribution in [-0.4, -0.2) is 25.6 Å². The number of ether oxygens (including phenoxy) is 1. The lowest BCUT2D eigenvalue weighted by molar-refractivity contribution is -0.121. The zero-order valence-electron chi connectivity index (χ0n) is 13.4. The zero-order chi connectivity index (χ0) is 15.1. The lowest BCUT2D eigenvalue weighted by atomic mass is 10.0. The maximum Gasteiger partial charge on any atom is 0.234 e. The maximum absolute atomic E-state index is 12.0. The minimum absolute atomic E-state index is 0. The van der Waals surface area contributed by atoms with Crippen molar-refractivity contribution in [2.45, 2.75) is 39.2 Å². The Balaban J connectivity index is 0.00000242. The van der Waals surface area contributed by atoms with Crippen LogP contribution in [0.5, 0.6) is 5.75 Å². The van der Waals surface area contributed by atoms with E-state index in [4.69, 9.17) is 4.74 Å². The first-order chi connectivity index (χ1) is 10.2. The third-order valence-corrected chi connectivity index (χ3v) is 3.75. The van der Waals surface area contributed by atoms with Gasteiger partial charge >= 0.3 is 0 Å². The molecule has 0 aromatic heterocycles. The second-order valence-corrected chi connectivity index (χ2v) is 5.57. The first kappa shape index (κ1) is 18.8. The van der Waals surface area contributed by atoms with E-state index in [0.29, 0.717) is 13.2 Å². The number of carbonyl (C=O) groups excluding carboxylic acids is 1. The highest BCUT2D eigenvalue weighted by Crippen LogP contribution is 2.28. The monoisotopic (exact) mass is 326 g/mol. The summed E-state index contributed by atoms with van der Waals surface area (Å²) in [5.74, 6) is 1.70. The van der Waals surface area contributed by atoms with Crippen LogP contribution in [0.3, 0.4) is 0 Å². The van der Waals surface area contributed by atoms with Gasteiger partial charge in [0.15, 0.2) is 0 Å². The summed E-state index contributed by atoms with van der Waals surface area (Å²) in [6, 6.07) is 7.93. The van der Waals surface area contributed by atoms with Gasteiger partial charge in [0.1, 0.15) is 5.75 Å². The molecule has 2 rings (SSSR count). The van der Waals surface area contributed by atoms with E-state index in [2.05, 4.69) is 17.6 Å². The zero-order valence-corrected chi connectivity index (χ0v) is 14.2. The lowest BCUT2D eigenvalue weighted by Crippen LogP contribution is -2.37. The van der Waals surface area contributed by atoms with Crippen LogP contribution < -0.4 is 15.4 Å². The molecule has 0 heterocycles. The summed E-state index contributed by atoms with van der Waals surface area (Å²) in [4.78, 5) is 12.0. The molecule has 124 valence electrons. The van der Waals surface area contributed by atoms with E-state index in [0.717, 1.165) is 30.2 Å². The fourth-order valence-corrected chi connectivity index (χ4v) is 2.41. The Morgan fingerprint density at radius 1 is 1.32 bits per heavy atom. The molecule has 0 aliphatic heterocycles. The van der Waals surface area contributed by atoms with Gasteiger partial charge < -0.3 is 15.4 Å². The molecule has 1 atom stereocenters. The number of rotatable bonds is 9. The van der Waals surface area contributed by atoms with Gasteiger partial charge in [-0.05, 0) is 44.7 Å². The van der Waals surface area contributed by atoms with Crippen LogP contribution in [0.4, 0.5) is 0 Å². The Bertz CT molecular complexity index is 464. The molecule has 1 aliphatic carbocycles. The Morgan fingerprint density at radius 2 is 2.05 bits per heavy atom. The summed E-state index contributed by atoms with van der Waals surface area (Å²) < 4.78 is 5.66. The summed E-state index contributed by atoms with van der Waals surface area (Å²) in [6.45, 7) is 6.03. The highest BCUT2D eigenvalue weighted by Gasteiger charge is 2.21. The molecular formula is C17H27ClN2O2. The van der Waals surface area contributed by atoms with Crippen LogP contribution in [0.25, 0.3) is 0 Å². The number of hydrogen-bond acceptors (Lipinski definition) is 3. The van der Waals surface area contributed by atoms with E-state index in [1.54, 1.807) is 0 Å². The molecule has 1 aromatic rings. The van der Waals surface area contributed by atoms with Gasteiger partial charge in [-0.25, -0.2) is 0 Å². The van der Waals surface area contributed by atoms with Crippen LogP contribution in [0.1, 0.15) is 44.7 Å². The summed E-state index contributed by atoms with van der Waals surface area (Å²) in [7, 11) is 0. The van der Waals surface area contributed by atoms with Gasteiger partial charge in [0.25, 0.3) is 0 Å². The lowest BCUT2D eigenvalue weighted by Gasteiger charge is -2.20. The average Bonchev–Trinajstić information content (AvgIpc) is 3.30. The predicted molar refractivity (Wildman–Crippen MR) is 91.6 cm³/mol. The molecule has 0 bridgehead atoms. The van der Waals surface area contributed by atoms with Crippen LogP contribution in [0, 0.1) is 5.92 Å².